The number of hydrogen-bond donors (Lipinski definition) is 1. The SMILES string of the molecule is Cc1cccc(OCCCC(=O)N[C@H]2CCCc3ccccc32)c1. The van der Waals surface area contributed by atoms with Gasteiger partial charge in [0.1, 0.15) is 5.75 Å². The van der Waals surface area contributed by atoms with Crippen LogP contribution in [-0.2, 0) is 11.2 Å². The molecular weight excluding hydrogens is 298 g/mol. The van der Waals surface area contributed by atoms with Crippen molar-refractivity contribution in [2.45, 2.75) is 45.1 Å². The van der Waals surface area contributed by atoms with Gasteiger partial charge in [0.05, 0.1) is 12.6 Å². The normalized spacial score (nSPS) is 16.3. The van der Waals surface area contributed by atoms with E-state index in [1.807, 2.05) is 31.2 Å². The summed E-state index contributed by atoms with van der Waals surface area (Å²) < 4.78 is 5.70. The van der Waals surface area contributed by atoms with Crippen LogP contribution in [0.25, 0.3) is 0 Å². The zero-order chi connectivity index (χ0) is 16.8. The second-order valence-electron chi connectivity index (χ2n) is 6.48. The van der Waals surface area contributed by atoms with E-state index < -0.39 is 0 Å². The van der Waals surface area contributed by atoms with Crippen LogP contribution >= 0.6 is 0 Å². The second-order valence-corrected chi connectivity index (χ2v) is 6.48. The molecule has 0 radical (unpaired) electrons. The summed E-state index contributed by atoms with van der Waals surface area (Å²) in [6, 6.07) is 16.6. The van der Waals surface area contributed by atoms with E-state index in [0.29, 0.717) is 13.0 Å². The first-order valence-electron chi connectivity index (χ1n) is 8.79. The highest BCUT2D eigenvalue weighted by atomic mass is 16.5. The lowest BCUT2D eigenvalue weighted by Gasteiger charge is -2.26. The van der Waals surface area contributed by atoms with Gasteiger partial charge in [0.15, 0.2) is 0 Å². The second kappa shape index (κ2) is 8.00. The van der Waals surface area contributed by atoms with Crippen LogP contribution in [0.2, 0.25) is 0 Å². The number of nitrogens with one attached hydrogen (secondary N) is 1. The number of aryl methyl sites for hydroxylation is 2. The summed E-state index contributed by atoms with van der Waals surface area (Å²) >= 11 is 0. The number of amides is 1. The minimum Gasteiger partial charge on any atom is -0.494 e. The maximum absolute atomic E-state index is 12.2. The maximum atomic E-state index is 12.2. The summed E-state index contributed by atoms with van der Waals surface area (Å²) in [4.78, 5) is 12.2. The Balaban J connectivity index is 1.43. The Hall–Kier alpha value is -2.29. The molecule has 1 atom stereocenters. The van der Waals surface area contributed by atoms with E-state index in [2.05, 4.69) is 29.6 Å². The van der Waals surface area contributed by atoms with Crippen molar-refractivity contribution < 1.29 is 9.53 Å². The summed E-state index contributed by atoms with van der Waals surface area (Å²) in [6.07, 6.45) is 4.52. The van der Waals surface area contributed by atoms with Gasteiger partial charge in [-0.15, -0.1) is 0 Å². The molecule has 3 rings (SSSR count). The molecule has 1 N–H and O–H groups in total. The van der Waals surface area contributed by atoms with Gasteiger partial charge in [-0.25, -0.2) is 0 Å². The van der Waals surface area contributed by atoms with Crippen molar-refractivity contribution >= 4 is 5.91 Å². The van der Waals surface area contributed by atoms with Crippen molar-refractivity contribution in [3.8, 4) is 5.75 Å². The molecule has 3 nitrogen and oxygen atoms in total. The predicted molar refractivity (Wildman–Crippen MR) is 96.2 cm³/mol. The molecule has 3 heteroatoms. The van der Waals surface area contributed by atoms with Crippen molar-refractivity contribution in [3.63, 3.8) is 0 Å². The van der Waals surface area contributed by atoms with Crippen molar-refractivity contribution in [2.75, 3.05) is 6.61 Å². The zero-order valence-electron chi connectivity index (χ0n) is 14.3. The smallest absolute Gasteiger partial charge is 0.220 e. The van der Waals surface area contributed by atoms with Gasteiger partial charge in [-0.3, -0.25) is 4.79 Å². The number of benzene rings is 2. The lowest BCUT2D eigenvalue weighted by Crippen LogP contribution is -2.31. The molecule has 0 heterocycles. The molecule has 126 valence electrons. The highest BCUT2D eigenvalue weighted by Gasteiger charge is 2.20. The van der Waals surface area contributed by atoms with Crippen LogP contribution in [0.1, 0.15) is 48.4 Å². The van der Waals surface area contributed by atoms with Gasteiger partial charge in [0, 0.05) is 6.42 Å². The molecule has 0 aromatic heterocycles. The third-order valence-corrected chi connectivity index (χ3v) is 4.51. The van der Waals surface area contributed by atoms with Crippen LogP contribution < -0.4 is 10.1 Å². The van der Waals surface area contributed by atoms with Crippen molar-refractivity contribution in [2.24, 2.45) is 0 Å². The van der Waals surface area contributed by atoms with Crippen molar-refractivity contribution in [1.82, 2.24) is 5.32 Å². The van der Waals surface area contributed by atoms with Crippen LogP contribution in [0.5, 0.6) is 5.75 Å². The molecule has 2 aromatic rings. The number of fused-ring (bicyclic) bond motifs is 1. The number of ether oxygens (including phenoxy) is 1. The van der Waals surface area contributed by atoms with E-state index in [1.165, 1.54) is 16.7 Å². The van der Waals surface area contributed by atoms with Gasteiger partial charge in [-0.2, -0.15) is 0 Å². The summed E-state index contributed by atoms with van der Waals surface area (Å²) in [5.74, 6) is 0.987. The molecule has 0 aliphatic heterocycles. The predicted octanol–water partition coefficient (Wildman–Crippen LogP) is 4.35. The van der Waals surface area contributed by atoms with Gasteiger partial charge in [-0.1, -0.05) is 36.4 Å². The molecule has 1 amide bonds. The zero-order valence-corrected chi connectivity index (χ0v) is 14.3. The topological polar surface area (TPSA) is 38.3 Å². The molecule has 1 aliphatic carbocycles. The Morgan fingerprint density at radius 2 is 2.08 bits per heavy atom. The molecule has 0 unspecified atom stereocenters. The minimum absolute atomic E-state index is 0.115. The lowest BCUT2D eigenvalue weighted by atomic mass is 9.87. The fraction of sp³-hybridized carbons (Fsp3) is 0.381. The van der Waals surface area contributed by atoms with Crippen LogP contribution in [0.15, 0.2) is 48.5 Å². The highest BCUT2D eigenvalue weighted by Crippen LogP contribution is 2.29. The van der Waals surface area contributed by atoms with Gasteiger partial charge in [0.25, 0.3) is 0 Å². The van der Waals surface area contributed by atoms with E-state index in [-0.39, 0.29) is 11.9 Å². The van der Waals surface area contributed by atoms with Crippen molar-refractivity contribution in [1.29, 1.82) is 0 Å². The minimum atomic E-state index is 0.115. The molecule has 0 saturated carbocycles. The van der Waals surface area contributed by atoms with Gasteiger partial charge in [0.2, 0.25) is 5.91 Å². The Labute approximate surface area is 144 Å². The largest absolute Gasteiger partial charge is 0.494 e. The first-order chi connectivity index (χ1) is 11.7. The summed E-state index contributed by atoms with van der Waals surface area (Å²) in [5, 5.41) is 3.19. The van der Waals surface area contributed by atoms with Gasteiger partial charge < -0.3 is 10.1 Å². The molecule has 24 heavy (non-hydrogen) atoms. The lowest BCUT2D eigenvalue weighted by molar-refractivity contribution is -0.122. The maximum Gasteiger partial charge on any atom is 0.220 e. The third-order valence-electron chi connectivity index (χ3n) is 4.51. The highest BCUT2D eigenvalue weighted by molar-refractivity contribution is 5.76. The van der Waals surface area contributed by atoms with E-state index >= 15 is 0 Å². The van der Waals surface area contributed by atoms with E-state index in [1.54, 1.807) is 0 Å². The van der Waals surface area contributed by atoms with Crippen LogP contribution in [0, 0.1) is 6.92 Å². The molecule has 0 bridgehead atoms. The number of carbonyl (C=O) groups is 1. The van der Waals surface area contributed by atoms with Crippen molar-refractivity contribution in [3.05, 3.63) is 65.2 Å². The van der Waals surface area contributed by atoms with E-state index in [4.69, 9.17) is 4.74 Å². The summed E-state index contributed by atoms with van der Waals surface area (Å²) in [7, 11) is 0. The average molecular weight is 323 g/mol. The fourth-order valence-corrected chi connectivity index (χ4v) is 3.30. The van der Waals surface area contributed by atoms with Gasteiger partial charge in [-0.05, 0) is 61.4 Å². The fourth-order valence-electron chi connectivity index (χ4n) is 3.30. The summed E-state index contributed by atoms with van der Waals surface area (Å²) in [5.41, 5.74) is 3.84. The quantitative estimate of drug-likeness (QED) is 0.803. The monoisotopic (exact) mass is 323 g/mol. The molecule has 0 saturated heterocycles. The molecule has 1 aliphatic rings. The number of carbonyl (C=O) groups excluding carboxylic acids is 1. The van der Waals surface area contributed by atoms with Gasteiger partial charge >= 0.3 is 0 Å². The Bertz CT molecular complexity index is 696. The molecule has 2 aromatic carbocycles. The first kappa shape index (κ1) is 16.6. The van der Waals surface area contributed by atoms with E-state index in [0.717, 1.165) is 31.4 Å². The Kier molecular flexibility index (Phi) is 5.52. The molecular formula is C21H25NO2. The van der Waals surface area contributed by atoms with Crippen LogP contribution in [0.4, 0.5) is 0 Å². The Morgan fingerprint density at radius 3 is 2.96 bits per heavy atom. The number of hydrogen-bond acceptors (Lipinski definition) is 2. The van der Waals surface area contributed by atoms with Crippen LogP contribution in [0.3, 0.4) is 0 Å². The van der Waals surface area contributed by atoms with Crippen LogP contribution in [-0.4, -0.2) is 12.5 Å². The standard InChI is InChI=1S/C21H25NO2/c1-16-7-4-10-18(15-16)24-14-6-13-21(23)22-20-12-5-9-17-8-2-3-11-19(17)20/h2-4,7-8,10-11,15,20H,5-6,9,12-14H2,1H3,(H,22,23)/t20-/m0/s1. The Morgan fingerprint density at radius 1 is 1.21 bits per heavy atom. The third kappa shape index (κ3) is 4.38. The van der Waals surface area contributed by atoms with E-state index in [9.17, 15) is 4.79 Å². The average Bonchev–Trinajstić information content (AvgIpc) is 2.59. The molecule has 0 spiro atoms. The molecule has 0 fully saturated rings. The summed E-state index contributed by atoms with van der Waals surface area (Å²) in [6.45, 7) is 2.61. The first-order valence-corrected chi connectivity index (χ1v) is 8.79. The number of rotatable bonds is 6.